The van der Waals surface area contributed by atoms with Crippen molar-refractivity contribution < 1.29 is 9.64 Å². The van der Waals surface area contributed by atoms with Gasteiger partial charge in [0.2, 0.25) is 0 Å². The van der Waals surface area contributed by atoms with Crippen LogP contribution in [-0.4, -0.2) is 48.8 Å². The number of anilines is 1. The molecule has 0 saturated carbocycles. The van der Waals surface area contributed by atoms with Crippen LogP contribution in [0.3, 0.4) is 0 Å². The lowest BCUT2D eigenvalue weighted by Crippen LogP contribution is -3.05. The van der Waals surface area contributed by atoms with Gasteiger partial charge in [0.15, 0.2) is 5.65 Å². The Morgan fingerprint density at radius 2 is 1.85 bits per heavy atom. The van der Waals surface area contributed by atoms with E-state index < -0.39 is 0 Å². The topological polar surface area (TPSA) is 56.4 Å². The Hall–Kier alpha value is -2.60. The van der Waals surface area contributed by atoms with E-state index >= 15 is 0 Å². The highest BCUT2D eigenvalue weighted by atomic mass is 16.5. The van der Waals surface area contributed by atoms with Crippen LogP contribution in [0.15, 0.2) is 30.6 Å². The summed E-state index contributed by atoms with van der Waals surface area (Å²) >= 11 is 0. The standard InChI is InChI=1S/C20H27N5O/c1-14-15(2)25(16-7-9-17(26-5)10-8-16)20-18(14)19(22-13-23-20)21-11-6-12-24(3)4/h7-10,13H,6,11-12H2,1-5H3,(H,21,22,23)/p+1. The van der Waals surface area contributed by atoms with Crippen LogP contribution >= 0.6 is 0 Å². The van der Waals surface area contributed by atoms with Gasteiger partial charge in [0.25, 0.3) is 0 Å². The number of aromatic nitrogens is 3. The first kappa shape index (κ1) is 18.2. The Bertz CT molecular complexity index is 883. The number of rotatable bonds is 7. The molecular weight excluding hydrogens is 326 g/mol. The van der Waals surface area contributed by atoms with Crippen molar-refractivity contribution in [2.45, 2.75) is 20.3 Å². The van der Waals surface area contributed by atoms with Gasteiger partial charge < -0.3 is 15.0 Å². The van der Waals surface area contributed by atoms with E-state index in [1.54, 1.807) is 13.4 Å². The molecule has 2 N–H and O–H groups in total. The number of hydrogen-bond acceptors (Lipinski definition) is 4. The Morgan fingerprint density at radius 1 is 1.12 bits per heavy atom. The van der Waals surface area contributed by atoms with Gasteiger partial charge in [0, 0.05) is 24.3 Å². The first-order valence-corrected chi connectivity index (χ1v) is 9.03. The van der Waals surface area contributed by atoms with Crippen LogP contribution in [0.5, 0.6) is 5.75 Å². The number of nitrogens with one attached hydrogen (secondary N) is 2. The number of aryl methyl sites for hydroxylation is 1. The zero-order chi connectivity index (χ0) is 18.7. The fourth-order valence-electron chi connectivity index (χ4n) is 3.23. The molecule has 0 radical (unpaired) electrons. The monoisotopic (exact) mass is 354 g/mol. The second-order valence-corrected chi connectivity index (χ2v) is 6.90. The molecule has 0 fully saturated rings. The summed E-state index contributed by atoms with van der Waals surface area (Å²) in [6.45, 7) is 6.30. The molecule has 0 bridgehead atoms. The molecule has 0 atom stereocenters. The van der Waals surface area contributed by atoms with Crippen molar-refractivity contribution in [1.82, 2.24) is 14.5 Å². The van der Waals surface area contributed by atoms with Gasteiger partial charge in [-0.1, -0.05) is 0 Å². The predicted octanol–water partition coefficient (Wildman–Crippen LogP) is 1.99. The van der Waals surface area contributed by atoms with Crippen molar-refractivity contribution in [3.8, 4) is 11.4 Å². The minimum Gasteiger partial charge on any atom is -0.497 e. The van der Waals surface area contributed by atoms with E-state index in [1.165, 1.54) is 16.2 Å². The highest BCUT2D eigenvalue weighted by Crippen LogP contribution is 2.31. The molecule has 0 unspecified atom stereocenters. The van der Waals surface area contributed by atoms with E-state index in [1.807, 2.05) is 12.1 Å². The van der Waals surface area contributed by atoms with Crippen molar-refractivity contribution in [1.29, 1.82) is 0 Å². The molecule has 0 amide bonds. The van der Waals surface area contributed by atoms with Crippen LogP contribution in [0, 0.1) is 13.8 Å². The maximum Gasteiger partial charge on any atom is 0.150 e. The maximum absolute atomic E-state index is 5.27. The summed E-state index contributed by atoms with van der Waals surface area (Å²) in [7, 11) is 6.02. The number of fused-ring (bicyclic) bond motifs is 1. The van der Waals surface area contributed by atoms with Gasteiger partial charge in [-0.25, -0.2) is 9.97 Å². The number of methoxy groups -OCH3 is 1. The van der Waals surface area contributed by atoms with Crippen LogP contribution in [0.2, 0.25) is 0 Å². The minimum atomic E-state index is 0.847. The van der Waals surface area contributed by atoms with Gasteiger partial charge >= 0.3 is 0 Å². The summed E-state index contributed by atoms with van der Waals surface area (Å²) < 4.78 is 7.45. The quantitative estimate of drug-likeness (QED) is 0.637. The van der Waals surface area contributed by atoms with Crippen LogP contribution in [0.1, 0.15) is 17.7 Å². The summed E-state index contributed by atoms with van der Waals surface area (Å²) in [6, 6.07) is 8.05. The van der Waals surface area contributed by atoms with Crippen LogP contribution < -0.4 is 15.0 Å². The lowest BCUT2D eigenvalue weighted by atomic mass is 10.2. The third-order valence-corrected chi connectivity index (χ3v) is 4.77. The average Bonchev–Trinajstić information content (AvgIpc) is 2.90. The summed E-state index contributed by atoms with van der Waals surface area (Å²) in [5, 5.41) is 4.59. The third-order valence-electron chi connectivity index (χ3n) is 4.77. The Balaban J connectivity index is 1.98. The lowest BCUT2D eigenvalue weighted by molar-refractivity contribution is -0.858. The van der Waals surface area contributed by atoms with Gasteiger partial charge in [-0.2, -0.15) is 0 Å². The normalized spacial score (nSPS) is 11.3. The number of nitrogens with zero attached hydrogens (tertiary/aromatic N) is 3. The van der Waals surface area contributed by atoms with Crippen molar-refractivity contribution in [2.75, 3.05) is 39.6 Å². The van der Waals surface area contributed by atoms with Gasteiger partial charge in [0.05, 0.1) is 33.1 Å². The first-order chi connectivity index (χ1) is 12.5. The highest BCUT2D eigenvalue weighted by molar-refractivity contribution is 5.93. The number of quaternary nitrogens is 1. The Kier molecular flexibility index (Phi) is 5.42. The van der Waals surface area contributed by atoms with E-state index in [2.05, 4.69) is 59.9 Å². The average molecular weight is 354 g/mol. The predicted molar refractivity (Wildman–Crippen MR) is 106 cm³/mol. The Labute approximate surface area is 154 Å². The zero-order valence-corrected chi connectivity index (χ0v) is 16.3. The molecule has 0 saturated heterocycles. The molecule has 0 spiro atoms. The van der Waals surface area contributed by atoms with E-state index in [4.69, 9.17) is 4.74 Å². The summed E-state index contributed by atoms with van der Waals surface area (Å²) in [5.41, 5.74) is 4.38. The van der Waals surface area contributed by atoms with E-state index in [-0.39, 0.29) is 0 Å². The molecule has 0 aliphatic heterocycles. The molecule has 6 nitrogen and oxygen atoms in total. The van der Waals surface area contributed by atoms with Gasteiger partial charge in [-0.15, -0.1) is 0 Å². The molecule has 26 heavy (non-hydrogen) atoms. The SMILES string of the molecule is COc1ccc(-n2c(C)c(C)c3c(NCCC[NH+](C)C)ncnc32)cc1. The van der Waals surface area contributed by atoms with E-state index in [0.29, 0.717) is 0 Å². The third kappa shape index (κ3) is 3.51. The first-order valence-electron chi connectivity index (χ1n) is 9.03. The molecule has 2 heterocycles. The Morgan fingerprint density at radius 3 is 2.50 bits per heavy atom. The molecule has 2 aromatic heterocycles. The van der Waals surface area contributed by atoms with Crippen molar-refractivity contribution in [2.24, 2.45) is 0 Å². The minimum absolute atomic E-state index is 0.847. The van der Waals surface area contributed by atoms with E-state index in [0.717, 1.165) is 47.8 Å². The molecule has 1 aromatic carbocycles. The summed E-state index contributed by atoms with van der Waals surface area (Å²) in [6.07, 6.45) is 2.74. The molecule has 0 aliphatic rings. The van der Waals surface area contributed by atoms with Crippen molar-refractivity contribution in [3.63, 3.8) is 0 Å². The van der Waals surface area contributed by atoms with Crippen molar-refractivity contribution >= 4 is 16.9 Å². The van der Waals surface area contributed by atoms with E-state index in [9.17, 15) is 0 Å². The second kappa shape index (κ2) is 7.74. The molecule has 6 heteroatoms. The van der Waals surface area contributed by atoms with Gasteiger partial charge in [-0.3, -0.25) is 4.57 Å². The van der Waals surface area contributed by atoms with Crippen LogP contribution in [0.25, 0.3) is 16.7 Å². The number of hydrogen-bond donors (Lipinski definition) is 2. The lowest BCUT2D eigenvalue weighted by Gasteiger charge is -2.10. The van der Waals surface area contributed by atoms with Gasteiger partial charge in [0.1, 0.15) is 17.9 Å². The fraction of sp³-hybridized carbons (Fsp3) is 0.400. The fourth-order valence-corrected chi connectivity index (χ4v) is 3.23. The molecule has 0 aliphatic carbocycles. The van der Waals surface area contributed by atoms with Crippen LogP contribution in [0.4, 0.5) is 5.82 Å². The molecule has 3 aromatic rings. The largest absolute Gasteiger partial charge is 0.497 e. The number of benzene rings is 1. The number of ether oxygens (including phenoxy) is 1. The van der Waals surface area contributed by atoms with Crippen molar-refractivity contribution in [3.05, 3.63) is 41.9 Å². The zero-order valence-electron chi connectivity index (χ0n) is 16.3. The summed E-state index contributed by atoms with van der Waals surface area (Å²) in [5.74, 6) is 1.76. The molecular formula is C20H28N5O+. The maximum atomic E-state index is 5.27. The second-order valence-electron chi connectivity index (χ2n) is 6.90. The highest BCUT2D eigenvalue weighted by Gasteiger charge is 2.17. The molecule has 3 rings (SSSR count). The smallest absolute Gasteiger partial charge is 0.150 e. The summed E-state index contributed by atoms with van der Waals surface area (Å²) in [4.78, 5) is 10.5. The molecule has 138 valence electrons. The van der Waals surface area contributed by atoms with Gasteiger partial charge in [-0.05, 0) is 43.7 Å². The van der Waals surface area contributed by atoms with Crippen LogP contribution in [-0.2, 0) is 0 Å².